The summed E-state index contributed by atoms with van der Waals surface area (Å²) in [5, 5.41) is 9.05. The van der Waals surface area contributed by atoms with Gasteiger partial charge in [-0.05, 0) is 92.3 Å². The van der Waals surface area contributed by atoms with Gasteiger partial charge >= 0.3 is 0 Å². The summed E-state index contributed by atoms with van der Waals surface area (Å²) < 4.78 is 0. The summed E-state index contributed by atoms with van der Waals surface area (Å²) in [6, 6.07) is 0. The summed E-state index contributed by atoms with van der Waals surface area (Å²) in [7, 11) is 0. The van der Waals surface area contributed by atoms with Gasteiger partial charge in [0.2, 0.25) is 0 Å². The van der Waals surface area contributed by atoms with Crippen molar-refractivity contribution >= 4 is 0 Å². The average molecular weight is 292 g/mol. The number of hydrogen-bond acceptors (Lipinski definition) is 2. The van der Waals surface area contributed by atoms with Gasteiger partial charge in [-0.15, -0.1) is 0 Å². The van der Waals surface area contributed by atoms with Crippen molar-refractivity contribution in [3.8, 4) is 0 Å². The van der Waals surface area contributed by atoms with Crippen molar-refractivity contribution in [3.63, 3.8) is 0 Å². The van der Waals surface area contributed by atoms with Gasteiger partial charge in [0.1, 0.15) is 0 Å². The smallest absolute Gasteiger partial charge is 0.0930 e. The average Bonchev–Trinajstić information content (AvgIpc) is 2.88. The van der Waals surface area contributed by atoms with Gasteiger partial charge in [0, 0.05) is 0 Å². The molecule has 7 atom stereocenters. The molecule has 7 unspecified atom stereocenters. The molecule has 4 saturated carbocycles. The molecule has 0 radical (unpaired) electrons. The quantitative estimate of drug-likeness (QED) is 0.526. The van der Waals surface area contributed by atoms with E-state index in [0.29, 0.717) is 10.8 Å². The van der Waals surface area contributed by atoms with Crippen LogP contribution in [0.4, 0.5) is 0 Å². The van der Waals surface area contributed by atoms with Gasteiger partial charge in [-0.2, -0.15) is 0 Å². The Labute approximate surface area is 129 Å². The first-order valence-electron chi connectivity index (χ1n) is 9.37. The second-order valence-electron chi connectivity index (χ2n) is 9.24. The van der Waals surface area contributed by atoms with Crippen LogP contribution in [-0.4, -0.2) is 11.4 Å². The van der Waals surface area contributed by atoms with Crippen molar-refractivity contribution in [1.82, 2.24) is 0 Å². The molecule has 4 aliphatic carbocycles. The maximum absolute atomic E-state index is 9.05. The lowest BCUT2D eigenvalue weighted by Crippen LogP contribution is -2.53. The summed E-state index contributed by atoms with van der Waals surface area (Å²) in [4.78, 5) is 4.71. The third-order valence-corrected chi connectivity index (χ3v) is 8.55. The molecule has 0 amide bonds. The second kappa shape index (κ2) is 4.96. The van der Waals surface area contributed by atoms with Crippen molar-refractivity contribution in [1.29, 1.82) is 0 Å². The maximum Gasteiger partial charge on any atom is 0.0930 e. The molecule has 21 heavy (non-hydrogen) atoms. The summed E-state index contributed by atoms with van der Waals surface area (Å²) in [5.41, 5.74) is 1.21. The van der Waals surface area contributed by atoms with E-state index in [1.165, 1.54) is 51.4 Å². The molecule has 0 aliphatic heterocycles. The molecule has 2 heteroatoms. The van der Waals surface area contributed by atoms with Crippen molar-refractivity contribution in [2.75, 3.05) is 0 Å². The van der Waals surface area contributed by atoms with E-state index in [1.807, 2.05) is 0 Å². The van der Waals surface area contributed by atoms with Gasteiger partial charge in [-0.3, -0.25) is 5.26 Å². The van der Waals surface area contributed by atoms with E-state index >= 15 is 0 Å². The summed E-state index contributed by atoms with van der Waals surface area (Å²) in [6.07, 6.45) is 13.8. The van der Waals surface area contributed by atoms with Crippen molar-refractivity contribution in [2.24, 2.45) is 34.5 Å². The van der Waals surface area contributed by atoms with E-state index in [2.05, 4.69) is 13.8 Å². The minimum absolute atomic E-state index is 0.111. The molecule has 0 saturated heterocycles. The predicted octanol–water partition coefficient (Wildman–Crippen LogP) is 5.28. The van der Waals surface area contributed by atoms with Crippen LogP contribution in [0.2, 0.25) is 0 Å². The van der Waals surface area contributed by atoms with Gasteiger partial charge in [0.05, 0.1) is 6.10 Å². The molecule has 0 bridgehead atoms. The number of fused-ring (bicyclic) bond motifs is 5. The Morgan fingerprint density at radius 1 is 0.905 bits per heavy atom. The van der Waals surface area contributed by atoms with Crippen LogP contribution < -0.4 is 0 Å². The first-order chi connectivity index (χ1) is 10.1. The van der Waals surface area contributed by atoms with Crippen LogP contribution in [0, 0.1) is 34.5 Å². The molecular weight excluding hydrogens is 260 g/mol. The lowest BCUT2D eigenvalue weighted by atomic mass is 9.45. The van der Waals surface area contributed by atoms with E-state index in [9.17, 15) is 0 Å². The first-order valence-corrected chi connectivity index (χ1v) is 9.37. The summed E-state index contributed by atoms with van der Waals surface area (Å²) >= 11 is 0. The highest BCUT2D eigenvalue weighted by Gasteiger charge is 2.57. The Kier molecular flexibility index (Phi) is 3.43. The van der Waals surface area contributed by atoms with E-state index < -0.39 is 0 Å². The molecule has 4 aliphatic rings. The van der Waals surface area contributed by atoms with Crippen molar-refractivity contribution in [3.05, 3.63) is 0 Å². The van der Waals surface area contributed by atoms with Gasteiger partial charge in [0.15, 0.2) is 0 Å². The minimum Gasteiger partial charge on any atom is -0.252 e. The standard InChI is InChI=1S/C19H32O2/c1-18-9-3-4-16(18)15-6-5-13-12-14(21-20)7-11-19(13,2)17(15)8-10-18/h13-17,20H,3-12H2,1-2H3. The maximum atomic E-state index is 9.05. The molecule has 2 nitrogen and oxygen atoms in total. The van der Waals surface area contributed by atoms with Gasteiger partial charge in [-0.25, -0.2) is 4.89 Å². The van der Waals surface area contributed by atoms with E-state index in [4.69, 9.17) is 10.1 Å². The lowest BCUT2D eigenvalue weighted by Gasteiger charge is -2.60. The lowest BCUT2D eigenvalue weighted by molar-refractivity contribution is -0.295. The Balaban J connectivity index is 1.59. The zero-order chi connectivity index (χ0) is 14.7. The van der Waals surface area contributed by atoms with Crippen LogP contribution in [-0.2, 0) is 4.89 Å². The molecule has 0 spiro atoms. The van der Waals surface area contributed by atoms with Crippen LogP contribution in [0.3, 0.4) is 0 Å². The molecule has 4 rings (SSSR count). The van der Waals surface area contributed by atoms with E-state index in [-0.39, 0.29) is 6.10 Å². The van der Waals surface area contributed by atoms with E-state index in [1.54, 1.807) is 0 Å². The molecular formula is C19H32O2. The van der Waals surface area contributed by atoms with Gasteiger partial charge < -0.3 is 0 Å². The normalized spacial score (nSPS) is 56.4. The predicted molar refractivity (Wildman–Crippen MR) is 83.8 cm³/mol. The zero-order valence-corrected chi connectivity index (χ0v) is 13.8. The van der Waals surface area contributed by atoms with Gasteiger partial charge in [0.25, 0.3) is 0 Å². The highest BCUT2D eigenvalue weighted by atomic mass is 17.1. The fraction of sp³-hybridized carbons (Fsp3) is 1.00. The number of hydrogen-bond donors (Lipinski definition) is 1. The summed E-state index contributed by atoms with van der Waals surface area (Å²) in [6.45, 7) is 5.17. The zero-order valence-electron chi connectivity index (χ0n) is 13.8. The third kappa shape index (κ3) is 2.05. The van der Waals surface area contributed by atoms with Crippen molar-refractivity contribution in [2.45, 2.75) is 84.2 Å². The number of rotatable bonds is 1. The second-order valence-corrected chi connectivity index (χ2v) is 9.24. The van der Waals surface area contributed by atoms with Crippen LogP contribution >= 0.6 is 0 Å². The Morgan fingerprint density at radius 3 is 2.57 bits per heavy atom. The molecule has 0 heterocycles. The van der Waals surface area contributed by atoms with Crippen molar-refractivity contribution < 1.29 is 10.1 Å². The fourth-order valence-electron chi connectivity index (χ4n) is 7.31. The third-order valence-electron chi connectivity index (χ3n) is 8.55. The Bertz CT molecular complexity index is 408. The van der Waals surface area contributed by atoms with Crippen LogP contribution in [0.25, 0.3) is 0 Å². The topological polar surface area (TPSA) is 29.5 Å². The molecule has 1 N–H and O–H groups in total. The van der Waals surface area contributed by atoms with Crippen LogP contribution in [0.15, 0.2) is 0 Å². The van der Waals surface area contributed by atoms with Gasteiger partial charge in [-0.1, -0.05) is 20.3 Å². The SMILES string of the molecule is CC12CCCC1C1CCC3CC(OO)CCC3(C)C1CC2. The van der Waals surface area contributed by atoms with Crippen LogP contribution in [0.1, 0.15) is 78.1 Å². The highest BCUT2D eigenvalue weighted by Crippen LogP contribution is 2.66. The molecule has 0 aromatic rings. The fourth-order valence-corrected chi connectivity index (χ4v) is 7.31. The summed E-state index contributed by atoms with van der Waals surface area (Å²) in [5.74, 6) is 3.75. The first kappa shape index (κ1) is 14.5. The molecule has 120 valence electrons. The largest absolute Gasteiger partial charge is 0.252 e. The van der Waals surface area contributed by atoms with E-state index in [0.717, 1.165) is 36.5 Å². The van der Waals surface area contributed by atoms with Crippen LogP contribution in [0.5, 0.6) is 0 Å². The highest BCUT2D eigenvalue weighted by molar-refractivity contribution is 5.07. The molecule has 4 fully saturated rings. The Hall–Kier alpha value is -0.0800. The molecule has 0 aromatic heterocycles. The molecule has 0 aromatic carbocycles. The monoisotopic (exact) mass is 292 g/mol. The minimum atomic E-state index is 0.111. The Morgan fingerprint density at radius 2 is 1.76 bits per heavy atom.